The third-order valence-electron chi connectivity index (χ3n) is 3.43. The minimum Gasteiger partial charge on any atom is -0.393 e. The molecule has 1 aliphatic heterocycles. The van der Waals surface area contributed by atoms with Gasteiger partial charge in [0.2, 0.25) is 0 Å². The predicted octanol–water partition coefficient (Wildman–Crippen LogP) is 1.63. The molecule has 0 aromatic carbocycles. The zero-order chi connectivity index (χ0) is 9.80. The van der Waals surface area contributed by atoms with E-state index in [0.29, 0.717) is 0 Å². The Kier molecular flexibility index (Phi) is 4.14. The van der Waals surface area contributed by atoms with Gasteiger partial charge in [0.15, 0.2) is 0 Å². The van der Waals surface area contributed by atoms with Crippen LogP contribution in [0.3, 0.4) is 0 Å². The van der Waals surface area contributed by atoms with Crippen LogP contribution < -0.4 is 5.32 Å². The summed E-state index contributed by atoms with van der Waals surface area (Å²) >= 11 is 2.08. The van der Waals surface area contributed by atoms with E-state index < -0.39 is 0 Å². The minimum absolute atomic E-state index is 0.0105. The Morgan fingerprint density at radius 1 is 1.14 bits per heavy atom. The summed E-state index contributed by atoms with van der Waals surface area (Å²) in [4.78, 5) is 0. The largest absolute Gasteiger partial charge is 0.393 e. The Labute approximate surface area is 90.8 Å². The molecule has 82 valence electrons. The van der Waals surface area contributed by atoms with Crippen LogP contribution in [0.15, 0.2) is 0 Å². The molecule has 14 heavy (non-hydrogen) atoms. The van der Waals surface area contributed by atoms with Crippen LogP contribution in [-0.2, 0) is 0 Å². The van der Waals surface area contributed by atoms with Gasteiger partial charge in [-0.3, -0.25) is 0 Å². The van der Waals surface area contributed by atoms with E-state index in [-0.39, 0.29) is 6.10 Å². The van der Waals surface area contributed by atoms with Crippen LogP contribution in [0.25, 0.3) is 0 Å². The summed E-state index contributed by atoms with van der Waals surface area (Å²) < 4.78 is 0. The molecule has 0 aromatic rings. The molecule has 1 aliphatic carbocycles. The summed E-state index contributed by atoms with van der Waals surface area (Å²) in [6, 6.07) is 0.758. The molecule has 2 unspecified atom stereocenters. The number of hydrogen-bond donors (Lipinski definition) is 2. The Bertz CT molecular complexity index is 166. The highest BCUT2D eigenvalue weighted by molar-refractivity contribution is 7.99. The maximum atomic E-state index is 9.41. The lowest BCUT2D eigenvalue weighted by atomic mass is 10.1. The normalized spacial score (nSPS) is 34.9. The van der Waals surface area contributed by atoms with Gasteiger partial charge in [-0.1, -0.05) is 0 Å². The predicted molar refractivity (Wildman–Crippen MR) is 61.7 cm³/mol. The molecule has 1 heterocycles. The average Bonchev–Trinajstić information content (AvgIpc) is 2.63. The van der Waals surface area contributed by atoms with Gasteiger partial charge in [-0.05, 0) is 56.1 Å². The standard InChI is InChI=1S/C11H21NOS/c13-11-2-1-9(7-11)8-12-10-3-5-14-6-4-10/h9-13H,1-8H2. The van der Waals surface area contributed by atoms with E-state index in [1.165, 1.54) is 30.8 Å². The summed E-state index contributed by atoms with van der Waals surface area (Å²) in [5.41, 5.74) is 0. The molecule has 0 amide bonds. The van der Waals surface area contributed by atoms with Gasteiger partial charge in [0.1, 0.15) is 0 Å². The Hall–Kier alpha value is 0.270. The maximum Gasteiger partial charge on any atom is 0.0543 e. The maximum absolute atomic E-state index is 9.41. The molecule has 0 bridgehead atoms. The van der Waals surface area contributed by atoms with E-state index in [9.17, 15) is 5.11 Å². The minimum atomic E-state index is -0.0105. The van der Waals surface area contributed by atoms with Crippen molar-refractivity contribution < 1.29 is 5.11 Å². The Balaban J connectivity index is 1.61. The van der Waals surface area contributed by atoms with Crippen LogP contribution in [0.4, 0.5) is 0 Å². The molecule has 3 heteroatoms. The highest BCUT2D eigenvalue weighted by Gasteiger charge is 2.23. The van der Waals surface area contributed by atoms with Crippen molar-refractivity contribution in [3.63, 3.8) is 0 Å². The van der Waals surface area contributed by atoms with Gasteiger partial charge in [0.05, 0.1) is 6.10 Å². The molecular weight excluding hydrogens is 194 g/mol. The Morgan fingerprint density at radius 2 is 1.93 bits per heavy atom. The summed E-state index contributed by atoms with van der Waals surface area (Å²) in [7, 11) is 0. The van der Waals surface area contributed by atoms with Crippen molar-refractivity contribution in [1.82, 2.24) is 5.32 Å². The Morgan fingerprint density at radius 3 is 2.57 bits per heavy atom. The molecule has 0 radical (unpaired) electrons. The van der Waals surface area contributed by atoms with Gasteiger partial charge in [-0.2, -0.15) is 11.8 Å². The molecule has 2 aliphatic rings. The van der Waals surface area contributed by atoms with Crippen LogP contribution in [0.5, 0.6) is 0 Å². The summed E-state index contributed by atoms with van der Waals surface area (Å²) in [5.74, 6) is 3.38. The van der Waals surface area contributed by atoms with Crippen LogP contribution >= 0.6 is 11.8 Å². The lowest BCUT2D eigenvalue weighted by Crippen LogP contribution is -2.35. The molecule has 2 atom stereocenters. The zero-order valence-corrected chi connectivity index (χ0v) is 9.56. The number of rotatable bonds is 3. The van der Waals surface area contributed by atoms with E-state index in [0.717, 1.165) is 31.3 Å². The second-order valence-corrected chi connectivity index (χ2v) is 5.85. The van der Waals surface area contributed by atoms with Crippen LogP contribution in [-0.4, -0.2) is 35.3 Å². The van der Waals surface area contributed by atoms with Crippen LogP contribution in [0.1, 0.15) is 32.1 Å². The average molecular weight is 215 g/mol. The van der Waals surface area contributed by atoms with Gasteiger partial charge in [-0.15, -0.1) is 0 Å². The molecule has 2 rings (SSSR count). The third kappa shape index (κ3) is 3.14. The van der Waals surface area contributed by atoms with Crippen molar-refractivity contribution in [2.75, 3.05) is 18.1 Å². The second kappa shape index (κ2) is 5.38. The zero-order valence-electron chi connectivity index (χ0n) is 8.74. The van der Waals surface area contributed by atoms with Crippen molar-refractivity contribution in [3.8, 4) is 0 Å². The summed E-state index contributed by atoms with van der Waals surface area (Å²) in [6.07, 6.45) is 5.92. The van der Waals surface area contributed by atoms with Gasteiger partial charge < -0.3 is 10.4 Å². The smallest absolute Gasteiger partial charge is 0.0543 e. The first-order valence-corrected chi connectivity index (χ1v) is 6.99. The van der Waals surface area contributed by atoms with Gasteiger partial charge in [0.25, 0.3) is 0 Å². The van der Waals surface area contributed by atoms with Crippen molar-refractivity contribution in [1.29, 1.82) is 0 Å². The lowest BCUT2D eigenvalue weighted by molar-refractivity contribution is 0.177. The molecule has 0 aromatic heterocycles. The molecule has 0 spiro atoms. The van der Waals surface area contributed by atoms with E-state index in [4.69, 9.17) is 0 Å². The quantitative estimate of drug-likeness (QED) is 0.750. The monoisotopic (exact) mass is 215 g/mol. The van der Waals surface area contributed by atoms with Crippen molar-refractivity contribution in [2.45, 2.75) is 44.2 Å². The first kappa shape index (κ1) is 10.8. The topological polar surface area (TPSA) is 32.3 Å². The molecule has 2 N–H and O–H groups in total. The summed E-state index contributed by atoms with van der Waals surface area (Å²) in [5, 5.41) is 13.1. The highest BCUT2D eigenvalue weighted by Crippen LogP contribution is 2.25. The third-order valence-corrected chi connectivity index (χ3v) is 4.48. The number of aliphatic hydroxyl groups is 1. The van der Waals surface area contributed by atoms with Gasteiger partial charge in [0, 0.05) is 6.04 Å². The van der Waals surface area contributed by atoms with E-state index in [1.54, 1.807) is 0 Å². The first-order valence-electron chi connectivity index (χ1n) is 5.84. The molecule has 2 nitrogen and oxygen atoms in total. The van der Waals surface area contributed by atoms with Crippen molar-refractivity contribution in [2.24, 2.45) is 5.92 Å². The first-order chi connectivity index (χ1) is 6.84. The van der Waals surface area contributed by atoms with Gasteiger partial charge in [-0.25, -0.2) is 0 Å². The fraction of sp³-hybridized carbons (Fsp3) is 1.00. The van der Waals surface area contributed by atoms with E-state index >= 15 is 0 Å². The van der Waals surface area contributed by atoms with E-state index in [1.807, 2.05) is 0 Å². The second-order valence-electron chi connectivity index (χ2n) is 4.63. The summed E-state index contributed by atoms with van der Waals surface area (Å²) in [6.45, 7) is 1.13. The SMILES string of the molecule is OC1CCC(CNC2CCSCC2)C1. The lowest BCUT2D eigenvalue weighted by Gasteiger charge is -2.24. The number of thioether (sulfide) groups is 1. The number of hydrogen-bond acceptors (Lipinski definition) is 3. The highest BCUT2D eigenvalue weighted by atomic mass is 32.2. The molecule has 1 saturated carbocycles. The molecule has 1 saturated heterocycles. The van der Waals surface area contributed by atoms with E-state index in [2.05, 4.69) is 17.1 Å². The van der Waals surface area contributed by atoms with Crippen molar-refractivity contribution in [3.05, 3.63) is 0 Å². The number of nitrogens with one attached hydrogen (secondary N) is 1. The number of aliphatic hydroxyl groups excluding tert-OH is 1. The van der Waals surface area contributed by atoms with Crippen LogP contribution in [0, 0.1) is 5.92 Å². The van der Waals surface area contributed by atoms with Gasteiger partial charge >= 0.3 is 0 Å². The van der Waals surface area contributed by atoms with Crippen molar-refractivity contribution >= 4 is 11.8 Å². The molecular formula is C11H21NOS. The fourth-order valence-electron chi connectivity index (χ4n) is 2.47. The fourth-order valence-corrected chi connectivity index (χ4v) is 3.58. The molecule has 2 fully saturated rings. The van der Waals surface area contributed by atoms with Crippen LogP contribution in [0.2, 0.25) is 0 Å².